The molecule has 1 aliphatic rings. The Morgan fingerprint density at radius 2 is 2.12 bits per heavy atom. The summed E-state index contributed by atoms with van der Waals surface area (Å²) in [6.07, 6.45) is 2.30. The molecule has 0 radical (unpaired) electrons. The Labute approximate surface area is 151 Å². The normalized spacial score (nSPS) is 30.2. The minimum Gasteiger partial charge on any atom is -0.508 e. The van der Waals surface area contributed by atoms with Crippen molar-refractivity contribution >= 4 is 5.91 Å². The Morgan fingerprint density at radius 3 is 2.72 bits per heavy atom. The molecule has 1 aromatic carbocycles. The maximum Gasteiger partial charge on any atom is 0.220 e. The van der Waals surface area contributed by atoms with Crippen molar-refractivity contribution in [3.8, 4) is 5.75 Å². The topological polar surface area (TPSA) is 72.8 Å². The molecule has 1 heterocycles. The SMILES string of the molecule is CCCC1(O)C(C)N(C)CCC1(CC(=O)NC)c1cc(O)ccc1C. The third-order valence-electron chi connectivity index (χ3n) is 6.18. The van der Waals surface area contributed by atoms with Crippen LogP contribution in [0.1, 0.15) is 50.7 Å². The number of carbonyl (C=O) groups excluding carboxylic acids is 1. The Morgan fingerprint density at radius 1 is 1.44 bits per heavy atom. The summed E-state index contributed by atoms with van der Waals surface area (Å²) in [5, 5.41) is 24.8. The quantitative estimate of drug-likeness (QED) is 0.764. The molecule has 1 aliphatic heterocycles. The molecule has 3 N–H and O–H groups in total. The number of benzene rings is 1. The smallest absolute Gasteiger partial charge is 0.220 e. The van der Waals surface area contributed by atoms with Gasteiger partial charge < -0.3 is 20.4 Å². The number of phenolic OH excluding ortho intramolecular Hbond substituents is 1. The molecule has 5 nitrogen and oxygen atoms in total. The third kappa shape index (κ3) is 3.27. The van der Waals surface area contributed by atoms with Crippen LogP contribution in [0.5, 0.6) is 5.75 Å². The van der Waals surface area contributed by atoms with Crippen molar-refractivity contribution in [2.24, 2.45) is 0 Å². The van der Waals surface area contributed by atoms with Gasteiger partial charge in [-0.25, -0.2) is 0 Å². The molecule has 0 aromatic heterocycles. The summed E-state index contributed by atoms with van der Waals surface area (Å²) in [4.78, 5) is 14.6. The zero-order valence-electron chi connectivity index (χ0n) is 16.1. The van der Waals surface area contributed by atoms with Crippen molar-refractivity contribution in [2.75, 3.05) is 20.6 Å². The van der Waals surface area contributed by atoms with E-state index < -0.39 is 11.0 Å². The third-order valence-corrected chi connectivity index (χ3v) is 6.18. The van der Waals surface area contributed by atoms with E-state index in [1.807, 2.05) is 27.0 Å². The van der Waals surface area contributed by atoms with Crippen molar-refractivity contribution in [1.29, 1.82) is 0 Å². The number of nitrogens with zero attached hydrogens (tertiary/aromatic N) is 1. The Hall–Kier alpha value is -1.59. The van der Waals surface area contributed by atoms with Gasteiger partial charge in [-0.2, -0.15) is 0 Å². The number of aryl methyl sites for hydroxylation is 1. The zero-order chi connectivity index (χ0) is 18.8. The number of hydrogen-bond acceptors (Lipinski definition) is 4. The first-order valence-corrected chi connectivity index (χ1v) is 9.15. The van der Waals surface area contributed by atoms with E-state index in [-0.39, 0.29) is 24.1 Å². The Balaban J connectivity index is 2.72. The van der Waals surface area contributed by atoms with Crippen molar-refractivity contribution in [3.63, 3.8) is 0 Å². The zero-order valence-corrected chi connectivity index (χ0v) is 16.1. The van der Waals surface area contributed by atoms with Gasteiger partial charge in [-0.15, -0.1) is 0 Å². The van der Waals surface area contributed by atoms with E-state index in [2.05, 4.69) is 17.1 Å². The second-order valence-corrected chi connectivity index (χ2v) is 7.51. The van der Waals surface area contributed by atoms with Gasteiger partial charge in [0, 0.05) is 24.9 Å². The summed E-state index contributed by atoms with van der Waals surface area (Å²) in [7, 11) is 3.65. The van der Waals surface area contributed by atoms with Crippen LogP contribution in [-0.2, 0) is 10.2 Å². The number of hydrogen-bond donors (Lipinski definition) is 3. The number of aromatic hydroxyl groups is 1. The standard InChI is InChI=1S/C20H32N2O3/c1-6-9-20(25)15(3)22(5)11-10-19(20,13-18(24)21-4)17-12-16(23)8-7-14(17)2/h7-8,12,15,23,25H,6,9-11,13H2,1-5H3,(H,21,24). The van der Waals surface area contributed by atoms with E-state index >= 15 is 0 Å². The van der Waals surface area contributed by atoms with Crippen LogP contribution >= 0.6 is 0 Å². The molecule has 0 saturated carbocycles. The van der Waals surface area contributed by atoms with Gasteiger partial charge in [-0.05, 0) is 63.5 Å². The summed E-state index contributed by atoms with van der Waals surface area (Å²) < 4.78 is 0. The fraction of sp³-hybridized carbons (Fsp3) is 0.650. The molecular weight excluding hydrogens is 316 g/mol. The van der Waals surface area contributed by atoms with Gasteiger partial charge in [-0.3, -0.25) is 4.79 Å². The largest absolute Gasteiger partial charge is 0.508 e. The first kappa shape index (κ1) is 19.7. The van der Waals surface area contributed by atoms with E-state index in [9.17, 15) is 15.0 Å². The van der Waals surface area contributed by atoms with E-state index in [1.54, 1.807) is 19.2 Å². The highest BCUT2D eigenvalue weighted by atomic mass is 16.3. The highest BCUT2D eigenvalue weighted by Gasteiger charge is 2.58. The molecule has 1 fully saturated rings. The number of phenols is 1. The fourth-order valence-corrected chi connectivity index (χ4v) is 4.56. The first-order valence-electron chi connectivity index (χ1n) is 9.15. The van der Waals surface area contributed by atoms with Crippen LogP contribution in [0.2, 0.25) is 0 Å². The molecule has 3 atom stereocenters. The lowest BCUT2D eigenvalue weighted by Gasteiger charge is -2.57. The molecule has 0 bridgehead atoms. The van der Waals surface area contributed by atoms with Crippen molar-refractivity contribution in [3.05, 3.63) is 29.3 Å². The molecule has 25 heavy (non-hydrogen) atoms. The number of rotatable bonds is 5. The number of amides is 1. The van der Waals surface area contributed by atoms with Gasteiger partial charge in [0.1, 0.15) is 5.75 Å². The van der Waals surface area contributed by atoms with Gasteiger partial charge in [0.05, 0.1) is 5.60 Å². The van der Waals surface area contributed by atoms with Crippen molar-refractivity contribution in [2.45, 2.75) is 63.5 Å². The maximum absolute atomic E-state index is 12.4. The second kappa shape index (κ2) is 7.34. The predicted molar refractivity (Wildman–Crippen MR) is 99.8 cm³/mol. The van der Waals surface area contributed by atoms with Crippen LogP contribution in [-0.4, -0.2) is 53.3 Å². The van der Waals surface area contributed by atoms with Crippen molar-refractivity contribution in [1.82, 2.24) is 10.2 Å². The average Bonchev–Trinajstić information content (AvgIpc) is 2.58. The van der Waals surface area contributed by atoms with Gasteiger partial charge in [0.25, 0.3) is 0 Å². The summed E-state index contributed by atoms with van der Waals surface area (Å²) in [5.74, 6) is 0.0799. The second-order valence-electron chi connectivity index (χ2n) is 7.51. The molecule has 2 rings (SSSR count). The summed E-state index contributed by atoms with van der Waals surface area (Å²) in [6, 6.07) is 5.17. The van der Waals surface area contributed by atoms with E-state index in [0.29, 0.717) is 12.8 Å². The lowest BCUT2D eigenvalue weighted by Crippen LogP contribution is -2.67. The van der Waals surface area contributed by atoms with Crippen LogP contribution in [0.3, 0.4) is 0 Å². The molecule has 3 unspecified atom stereocenters. The average molecular weight is 348 g/mol. The number of likely N-dealkylation sites (tertiary alicyclic amines) is 1. The maximum atomic E-state index is 12.4. The van der Waals surface area contributed by atoms with E-state index in [4.69, 9.17) is 0 Å². The van der Waals surface area contributed by atoms with E-state index in [1.165, 1.54) is 0 Å². The fourth-order valence-electron chi connectivity index (χ4n) is 4.56. The van der Waals surface area contributed by atoms with Crippen LogP contribution in [0.25, 0.3) is 0 Å². The van der Waals surface area contributed by atoms with Gasteiger partial charge in [-0.1, -0.05) is 19.4 Å². The molecule has 1 aromatic rings. The Kier molecular flexibility index (Phi) is 5.79. The number of aliphatic hydroxyl groups is 1. The van der Waals surface area contributed by atoms with E-state index in [0.717, 1.165) is 24.1 Å². The molecule has 140 valence electrons. The minimum atomic E-state index is -1.06. The van der Waals surface area contributed by atoms with Gasteiger partial charge in [0.2, 0.25) is 5.91 Å². The van der Waals surface area contributed by atoms with Gasteiger partial charge in [0.15, 0.2) is 0 Å². The molecular formula is C20H32N2O3. The lowest BCUT2D eigenvalue weighted by molar-refractivity contribution is -0.147. The molecule has 0 spiro atoms. The minimum absolute atomic E-state index is 0.0889. The number of carbonyl (C=O) groups is 1. The molecule has 1 amide bonds. The van der Waals surface area contributed by atoms with Crippen LogP contribution in [0.15, 0.2) is 18.2 Å². The monoisotopic (exact) mass is 348 g/mol. The molecule has 1 saturated heterocycles. The van der Waals surface area contributed by atoms with Crippen molar-refractivity contribution < 1.29 is 15.0 Å². The van der Waals surface area contributed by atoms with Gasteiger partial charge >= 0.3 is 0 Å². The summed E-state index contributed by atoms with van der Waals surface area (Å²) >= 11 is 0. The predicted octanol–water partition coefficient (Wildman–Crippen LogP) is 2.33. The number of piperidine rings is 1. The molecule has 0 aliphatic carbocycles. The number of nitrogens with one attached hydrogen (secondary N) is 1. The van der Waals surface area contributed by atoms with Crippen LogP contribution in [0.4, 0.5) is 0 Å². The molecule has 5 heteroatoms. The number of likely N-dealkylation sites (N-methyl/N-ethyl adjacent to an activating group) is 1. The van der Waals surface area contributed by atoms with Crippen LogP contribution < -0.4 is 5.32 Å². The van der Waals surface area contributed by atoms with Crippen LogP contribution in [0, 0.1) is 6.92 Å². The lowest BCUT2D eigenvalue weighted by atomic mass is 9.56. The highest BCUT2D eigenvalue weighted by Crippen LogP contribution is 2.51. The summed E-state index contributed by atoms with van der Waals surface area (Å²) in [6.45, 7) is 6.86. The Bertz CT molecular complexity index is 633. The highest BCUT2D eigenvalue weighted by molar-refractivity contribution is 5.78. The first-order chi connectivity index (χ1) is 11.7. The summed E-state index contributed by atoms with van der Waals surface area (Å²) in [5.41, 5.74) is 0.0949.